The van der Waals surface area contributed by atoms with Crippen LogP contribution in [0.3, 0.4) is 0 Å². The van der Waals surface area contributed by atoms with E-state index in [1.165, 1.54) is 5.56 Å². The second-order valence-corrected chi connectivity index (χ2v) is 6.03. The number of likely N-dealkylation sites (tertiary alicyclic amines) is 1. The highest BCUT2D eigenvalue weighted by atomic mass is 16.5. The zero-order chi connectivity index (χ0) is 16.1. The van der Waals surface area contributed by atoms with Crippen molar-refractivity contribution in [1.82, 2.24) is 15.1 Å². The zero-order valence-electron chi connectivity index (χ0n) is 13.5. The molecule has 0 unspecified atom stereocenters. The molecule has 5 heteroatoms. The number of nitrogens with zero attached hydrogens (tertiary/aromatic N) is 2. The van der Waals surface area contributed by atoms with Crippen molar-refractivity contribution in [2.45, 2.75) is 32.3 Å². The summed E-state index contributed by atoms with van der Waals surface area (Å²) in [5, 5.41) is 6.73. The van der Waals surface area contributed by atoms with Gasteiger partial charge in [0.2, 0.25) is 0 Å². The third kappa shape index (κ3) is 3.99. The normalized spacial score (nSPS) is 17.6. The largest absolute Gasteiger partial charge is 0.376 e. The van der Waals surface area contributed by atoms with Gasteiger partial charge in [0.1, 0.15) is 0 Å². The van der Waals surface area contributed by atoms with Crippen molar-refractivity contribution in [3.63, 3.8) is 0 Å². The molecule has 0 bridgehead atoms. The van der Waals surface area contributed by atoms with E-state index >= 15 is 0 Å². The van der Waals surface area contributed by atoms with Gasteiger partial charge < -0.3 is 9.64 Å². The number of aryl methyl sites for hydroxylation is 2. The maximum absolute atomic E-state index is 12.4. The molecule has 1 aromatic carbocycles. The minimum Gasteiger partial charge on any atom is -0.376 e. The van der Waals surface area contributed by atoms with Gasteiger partial charge in [0.05, 0.1) is 17.9 Å². The van der Waals surface area contributed by atoms with Crippen molar-refractivity contribution >= 4 is 5.91 Å². The molecule has 122 valence electrons. The molecule has 0 saturated carbocycles. The first-order valence-corrected chi connectivity index (χ1v) is 8.19. The molecule has 1 aromatic heterocycles. The summed E-state index contributed by atoms with van der Waals surface area (Å²) in [6.45, 7) is 4.04. The summed E-state index contributed by atoms with van der Waals surface area (Å²) in [5.41, 5.74) is 2.83. The summed E-state index contributed by atoms with van der Waals surface area (Å²) in [5.74, 6) is 0.0478. The summed E-state index contributed by atoms with van der Waals surface area (Å²) < 4.78 is 5.94. The molecule has 5 nitrogen and oxygen atoms in total. The maximum Gasteiger partial charge on any atom is 0.257 e. The minimum absolute atomic E-state index is 0.0478. The lowest BCUT2D eigenvalue weighted by Crippen LogP contribution is -2.30. The van der Waals surface area contributed by atoms with E-state index in [9.17, 15) is 4.79 Å². The van der Waals surface area contributed by atoms with E-state index in [0.717, 1.165) is 38.1 Å². The number of nitrogens with one attached hydrogen (secondary N) is 1. The van der Waals surface area contributed by atoms with E-state index in [4.69, 9.17) is 4.74 Å². The topological polar surface area (TPSA) is 58.2 Å². The van der Waals surface area contributed by atoms with Gasteiger partial charge in [-0.1, -0.05) is 30.3 Å². The Bertz CT molecular complexity index is 639. The monoisotopic (exact) mass is 313 g/mol. The van der Waals surface area contributed by atoms with Crippen molar-refractivity contribution in [1.29, 1.82) is 0 Å². The summed E-state index contributed by atoms with van der Waals surface area (Å²) >= 11 is 0. The van der Waals surface area contributed by atoms with Gasteiger partial charge in [-0.2, -0.15) is 5.10 Å². The number of aromatic nitrogens is 2. The number of aromatic amines is 1. The lowest BCUT2D eigenvalue weighted by Gasteiger charge is -2.16. The van der Waals surface area contributed by atoms with Gasteiger partial charge in [-0.15, -0.1) is 0 Å². The Morgan fingerprint density at radius 1 is 1.39 bits per heavy atom. The Balaban J connectivity index is 1.40. The van der Waals surface area contributed by atoms with Gasteiger partial charge in [-0.05, 0) is 31.7 Å². The van der Waals surface area contributed by atoms with Crippen LogP contribution in [0, 0.1) is 6.92 Å². The molecule has 1 N–H and O–H groups in total. The van der Waals surface area contributed by atoms with Crippen LogP contribution in [0.5, 0.6) is 0 Å². The van der Waals surface area contributed by atoms with Crippen LogP contribution in [0.2, 0.25) is 0 Å². The second kappa shape index (κ2) is 7.42. The molecule has 1 saturated heterocycles. The number of rotatable bonds is 6. The number of H-pyrrole nitrogens is 1. The van der Waals surface area contributed by atoms with E-state index in [-0.39, 0.29) is 12.0 Å². The van der Waals surface area contributed by atoms with E-state index < -0.39 is 0 Å². The molecule has 0 radical (unpaired) electrons. The maximum atomic E-state index is 12.4. The molecule has 1 fully saturated rings. The van der Waals surface area contributed by atoms with Crippen LogP contribution in [-0.4, -0.2) is 46.8 Å². The SMILES string of the molecule is Cc1[nH]ncc1C(=O)N1CC[C@@H](OCCCc2ccccc2)C1. The molecule has 1 aliphatic heterocycles. The molecule has 2 aromatic rings. The van der Waals surface area contributed by atoms with Crippen molar-refractivity contribution in [2.24, 2.45) is 0 Å². The zero-order valence-corrected chi connectivity index (χ0v) is 13.5. The Hall–Kier alpha value is -2.14. The quantitative estimate of drug-likeness (QED) is 0.834. The highest BCUT2D eigenvalue weighted by molar-refractivity contribution is 5.95. The second-order valence-electron chi connectivity index (χ2n) is 6.03. The molecular weight excluding hydrogens is 290 g/mol. The Kier molecular flexibility index (Phi) is 5.08. The summed E-state index contributed by atoms with van der Waals surface area (Å²) in [4.78, 5) is 14.3. The molecule has 3 rings (SSSR count). The van der Waals surface area contributed by atoms with Crippen LogP contribution in [0.1, 0.15) is 34.5 Å². The lowest BCUT2D eigenvalue weighted by molar-refractivity contribution is 0.0524. The standard InChI is InChI=1S/C18H23N3O2/c1-14-17(12-19-20-14)18(22)21-10-9-16(13-21)23-11-5-8-15-6-3-2-4-7-15/h2-4,6-7,12,16H,5,8-11,13H2,1H3,(H,19,20)/t16-/m1/s1. The van der Waals surface area contributed by atoms with Crippen LogP contribution in [0.25, 0.3) is 0 Å². The molecule has 23 heavy (non-hydrogen) atoms. The summed E-state index contributed by atoms with van der Waals surface area (Å²) in [7, 11) is 0. The number of carbonyl (C=O) groups excluding carboxylic acids is 1. The Morgan fingerprint density at radius 3 is 2.96 bits per heavy atom. The number of hydrogen-bond donors (Lipinski definition) is 1. The fourth-order valence-corrected chi connectivity index (χ4v) is 2.96. The van der Waals surface area contributed by atoms with Gasteiger partial charge in [0.15, 0.2) is 0 Å². The third-order valence-corrected chi connectivity index (χ3v) is 4.30. The number of ether oxygens (including phenoxy) is 1. The Morgan fingerprint density at radius 2 is 2.22 bits per heavy atom. The first kappa shape index (κ1) is 15.7. The number of hydrogen-bond acceptors (Lipinski definition) is 3. The van der Waals surface area contributed by atoms with Gasteiger partial charge in [0, 0.05) is 25.4 Å². The van der Waals surface area contributed by atoms with Crippen molar-refractivity contribution < 1.29 is 9.53 Å². The van der Waals surface area contributed by atoms with Crippen LogP contribution < -0.4 is 0 Å². The molecule has 1 atom stereocenters. The van der Waals surface area contributed by atoms with E-state index in [0.29, 0.717) is 12.1 Å². The number of carbonyl (C=O) groups is 1. The third-order valence-electron chi connectivity index (χ3n) is 4.30. The molecule has 0 aliphatic carbocycles. The predicted molar refractivity (Wildman–Crippen MR) is 88.3 cm³/mol. The van der Waals surface area contributed by atoms with Gasteiger partial charge in [-0.3, -0.25) is 9.89 Å². The minimum atomic E-state index is 0.0478. The van der Waals surface area contributed by atoms with Crippen molar-refractivity contribution in [2.75, 3.05) is 19.7 Å². The predicted octanol–water partition coefficient (Wildman–Crippen LogP) is 2.58. The highest BCUT2D eigenvalue weighted by Crippen LogP contribution is 2.17. The molecule has 2 heterocycles. The summed E-state index contributed by atoms with van der Waals surface area (Å²) in [6.07, 6.45) is 4.71. The number of amides is 1. The van der Waals surface area contributed by atoms with Crippen LogP contribution in [-0.2, 0) is 11.2 Å². The first-order valence-electron chi connectivity index (χ1n) is 8.19. The van der Waals surface area contributed by atoms with Gasteiger partial charge in [-0.25, -0.2) is 0 Å². The van der Waals surface area contributed by atoms with E-state index in [2.05, 4.69) is 34.5 Å². The van der Waals surface area contributed by atoms with Gasteiger partial charge >= 0.3 is 0 Å². The average Bonchev–Trinajstić information content (AvgIpc) is 3.21. The van der Waals surface area contributed by atoms with Crippen LogP contribution in [0.4, 0.5) is 0 Å². The Labute approximate surface area is 136 Å². The molecule has 1 aliphatic rings. The molecule has 1 amide bonds. The van der Waals surface area contributed by atoms with Crippen LogP contribution in [0.15, 0.2) is 36.5 Å². The highest BCUT2D eigenvalue weighted by Gasteiger charge is 2.28. The number of benzene rings is 1. The van der Waals surface area contributed by atoms with E-state index in [1.807, 2.05) is 17.9 Å². The van der Waals surface area contributed by atoms with Crippen molar-refractivity contribution in [3.8, 4) is 0 Å². The van der Waals surface area contributed by atoms with E-state index in [1.54, 1.807) is 6.20 Å². The first-order chi connectivity index (χ1) is 11.2. The molecular formula is C18H23N3O2. The van der Waals surface area contributed by atoms with Gasteiger partial charge in [0.25, 0.3) is 5.91 Å². The lowest BCUT2D eigenvalue weighted by atomic mass is 10.1. The summed E-state index contributed by atoms with van der Waals surface area (Å²) in [6, 6.07) is 10.4. The fraction of sp³-hybridized carbons (Fsp3) is 0.444. The van der Waals surface area contributed by atoms with Crippen LogP contribution >= 0.6 is 0 Å². The smallest absolute Gasteiger partial charge is 0.257 e. The van der Waals surface area contributed by atoms with Crippen molar-refractivity contribution in [3.05, 3.63) is 53.3 Å². The fourth-order valence-electron chi connectivity index (χ4n) is 2.96. The average molecular weight is 313 g/mol. The molecule has 0 spiro atoms.